The van der Waals surface area contributed by atoms with Gasteiger partial charge in [0, 0.05) is 6.42 Å². The monoisotopic (exact) mass is 414 g/mol. The van der Waals surface area contributed by atoms with Crippen LogP contribution in [0.5, 0.6) is 0 Å². The number of nitrogens with zero attached hydrogens (tertiary/aromatic N) is 2. The van der Waals surface area contributed by atoms with E-state index in [1.807, 2.05) is 0 Å². The van der Waals surface area contributed by atoms with Crippen LogP contribution < -0.4 is 0 Å². The second kappa shape index (κ2) is 7.44. The molecule has 4 aliphatic rings. The minimum atomic E-state index is -0.0931. The molecule has 29 heavy (non-hydrogen) atoms. The van der Waals surface area contributed by atoms with Crippen LogP contribution in [0.4, 0.5) is 0 Å². The normalized spacial score (nSPS) is 45.1. The number of aryl methyl sites for hydroxylation is 1. The summed E-state index contributed by atoms with van der Waals surface area (Å²) in [5, 5.41) is 11.4. The van der Waals surface area contributed by atoms with Crippen LogP contribution >= 0.6 is 11.5 Å². The lowest BCUT2D eigenvalue weighted by atomic mass is 9.47. The van der Waals surface area contributed by atoms with Gasteiger partial charge in [0.25, 0.3) is 0 Å². The van der Waals surface area contributed by atoms with Gasteiger partial charge >= 0.3 is 0 Å². The van der Waals surface area contributed by atoms with Gasteiger partial charge in [0.2, 0.25) is 0 Å². The molecule has 3 fully saturated rings. The Morgan fingerprint density at radius 2 is 2.03 bits per heavy atom. The number of aromatic nitrogens is 2. The first-order chi connectivity index (χ1) is 13.9. The van der Waals surface area contributed by atoms with Crippen molar-refractivity contribution in [2.24, 2.45) is 40.4 Å². The maximum Gasteiger partial charge on any atom is 0.129 e. The molecule has 3 saturated carbocycles. The summed E-state index contributed by atoms with van der Waals surface area (Å²) >= 11 is 1.57. The van der Waals surface area contributed by atoms with Gasteiger partial charge in [-0.05, 0) is 110 Å². The van der Waals surface area contributed by atoms with Crippen molar-refractivity contribution in [2.45, 2.75) is 91.1 Å². The molecule has 1 aromatic rings. The summed E-state index contributed by atoms with van der Waals surface area (Å²) in [5.41, 5.74) is 2.49. The summed E-state index contributed by atoms with van der Waals surface area (Å²) in [6.45, 7) is 7.70. The van der Waals surface area contributed by atoms with Crippen molar-refractivity contribution in [3.8, 4) is 0 Å². The minimum Gasteiger partial charge on any atom is -0.393 e. The molecule has 0 saturated heterocycles. The Morgan fingerprint density at radius 1 is 1.17 bits per heavy atom. The first-order valence-electron chi connectivity index (χ1n) is 12.0. The summed E-state index contributed by atoms with van der Waals surface area (Å²) in [7, 11) is 0. The largest absolute Gasteiger partial charge is 0.393 e. The van der Waals surface area contributed by atoms with Gasteiger partial charge in [-0.1, -0.05) is 32.4 Å². The van der Waals surface area contributed by atoms with Crippen LogP contribution in [0.3, 0.4) is 0 Å². The van der Waals surface area contributed by atoms with Gasteiger partial charge < -0.3 is 5.11 Å². The minimum absolute atomic E-state index is 0.0931. The molecule has 0 aliphatic heterocycles. The molecule has 4 aliphatic carbocycles. The SMILES string of the molecule is CC(CCc1ncns1)[C@H]1CC[C@H]2[C@@H]3CC=C4C[C@@H](O)CC[C@]4(C)[C@H]3CC[C@]12C. The van der Waals surface area contributed by atoms with Gasteiger partial charge in [-0.15, -0.1) is 0 Å². The van der Waals surface area contributed by atoms with Gasteiger partial charge in [-0.3, -0.25) is 0 Å². The van der Waals surface area contributed by atoms with Crippen LogP contribution in [0.15, 0.2) is 18.0 Å². The summed E-state index contributed by atoms with van der Waals surface area (Å²) in [5.74, 6) is 4.27. The average Bonchev–Trinajstić information content (AvgIpc) is 3.34. The molecule has 3 nitrogen and oxygen atoms in total. The predicted octanol–water partition coefficient (Wildman–Crippen LogP) is 6.05. The van der Waals surface area contributed by atoms with E-state index in [9.17, 15) is 5.11 Å². The first kappa shape index (κ1) is 20.2. The molecule has 1 aromatic heterocycles. The molecule has 8 atom stereocenters. The van der Waals surface area contributed by atoms with E-state index in [4.69, 9.17) is 0 Å². The van der Waals surface area contributed by atoms with Crippen molar-refractivity contribution < 1.29 is 5.11 Å². The molecule has 0 bridgehead atoms. The third-order valence-corrected chi connectivity index (χ3v) is 10.8. The maximum atomic E-state index is 10.2. The zero-order valence-electron chi connectivity index (χ0n) is 18.4. The summed E-state index contributed by atoms with van der Waals surface area (Å²) in [4.78, 5) is 4.40. The van der Waals surface area contributed by atoms with Crippen LogP contribution in [0.25, 0.3) is 0 Å². The molecule has 160 valence electrons. The molecule has 1 heterocycles. The van der Waals surface area contributed by atoms with Crippen molar-refractivity contribution in [3.63, 3.8) is 0 Å². The van der Waals surface area contributed by atoms with E-state index in [1.165, 1.54) is 50.0 Å². The van der Waals surface area contributed by atoms with Crippen LogP contribution in [-0.2, 0) is 6.42 Å². The van der Waals surface area contributed by atoms with Crippen LogP contribution in [0.1, 0.15) is 83.6 Å². The summed E-state index contributed by atoms with van der Waals surface area (Å²) in [6, 6.07) is 0. The highest BCUT2D eigenvalue weighted by molar-refractivity contribution is 7.05. The van der Waals surface area contributed by atoms with Crippen LogP contribution in [0.2, 0.25) is 0 Å². The number of fused-ring (bicyclic) bond motifs is 5. The Kier molecular flexibility index (Phi) is 5.18. The molecule has 0 radical (unpaired) electrons. The molecule has 4 heteroatoms. The van der Waals surface area contributed by atoms with Gasteiger partial charge in [-0.2, -0.15) is 4.37 Å². The topological polar surface area (TPSA) is 46.0 Å². The number of allylic oxidation sites excluding steroid dienone is 1. The number of hydrogen-bond acceptors (Lipinski definition) is 4. The van der Waals surface area contributed by atoms with Gasteiger partial charge in [0.1, 0.15) is 11.3 Å². The van der Waals surface area contributed by atoms with Crippen molar-refractivity contribution in [1.29, 1.82) is 0 Å². The Bertz CT molecular complexity index is 761. The third-order valence-electron chi connectivity index (χ3n) is 10.1. The first-order valence-corrected chi connectivity index (χ1v) is 12.8. The molecular weight excluding hydrogens is 376 g/mol. The van der Waals surface area contributed by atoms with E-state index in [0.717, 1.165) is 48.9 Å². The second-order valence-corrected chi connectivity index (χ2v) is 12.1. The standard InChI is InChI=1S/C25H38N2OS/c1-16(4-9-23-26-15-27-29-23)20-7-8-21-19-6-5-17-14-18(28)10-12-24(17,2)22(19)11-13-25(20,21)3/h5,15-16,18-22,28H,4,6-14H2,1-3H3/t16?,18-,19-,20+,21-,22-,24-,25+/m0/s1. The van der Waals surface area contributed by atoms with Gasteiger partial charge in [-0.25, -0.2) is 4.98 Å². The van der Waals surface area contributed by atoms with E-state index in [1.54, 1.807) is 23.4 Å². The van der Waals surface area contributed by atoms with E-state index in [2.05, 4.69) is 36.2 Å². The van der Waals surface area contributed by atoms with Crippen molar-refractivity contribution in [2.75, 3.05) is 0 Å². The lowest BCUT2D eigenvalue weighted by Gasteiger charge is -2.58. The third kappa shape index (κ3) is 3.24. The highest BCUT2D eigenvalue weighted by Crippen LogP contribution is 2.67. The van der Waals surface area contributed by atoms with E-state index >= 15 is 0 Å². The summed E-state index contributed by atoms with van der Waals surface area (Å²) < 4.78 is 4.18. The molecule has 0 aromatic carbocycles. The molecule has 5 rings (SSSR count). The molecular formula is C25H38N2OS. The van der Waals surface area contributed by atoms with Crippen LogP contribution in [-0.4, -0.2) is 20.6 Å². The zero-order chi connectivity index (χ0) is 20.2. The number of aliphatic hydroxyl groups excluding tert-OH is 1. The average molecular weight is 415 g/mol. The highest BCUT2D eigenvalue weighted by atomic mass is 32.1. The molecule has 0 amide bonds. The Hall–Kier alpha value is -0.740. The predicted molar refractivity (Wildman–Crippen MR) is 119 cm³/mol. The van der Waals surface area contributed by atoms with Gasteiger partial charge in [0.05, 0.1) is 6.10 Å². The molecule has 0 spiro atoms. The quantitative estimate of drug-likeness (QED) is 0.610. The van der Waals surface area contributed by atoms with E-state index in [-0.39, 0.29) is 6.10 Å². The lowest BCUT2D eigenvalue weighted by molar-refractivity contribution is -0.0571. The van der Waals surface area contributed by atoms with E-state index < -0.39 is 0 Å². The second-order valence-electron chi connectivity index (χ2n) is 11.2. The lowest BCUT2D eigenvalue weighted by Crippen LogP contribution is -2.50. The molecule has 1 unspecified atom stereocenters. The fourth-order valence-electron chi connectivity index (χ4n) is 8.48. The zero-order valence-corrected chi connectivity index (χ0v) is 19.3. The Balaban J connectivity index is 1.33. The Morgan fingerprint density at radius 3 is 2.83 bits per heavy atom. The molecule has 1 N–H and O–H groups in total. The van der Waals surface area contributed by atoms with Crippen LogP contribution in [0, 0.1) is 40.4 Å². The van der Waals surface area contributed by atoms with Crippen molar-refractivity contribution >= 4 is 11.5 Å². The number of aliphatic hydroxyl groups is 1. The summed E-state index contributed by atoms with van der Waals surface area (Å²) in [6.07, 6.45) is 16.6. The van der Waals surface area contributed by atoms with E-state index in [0.29, 0.717) is 10.8 Å². The van der Waals surface area contributed by atoms with Crippen molar-refractivity contribution in [3.05, 3.63) is 23.0 Å². The fourth-order valence-corrected chi connectivity index (χ4v) is 8.99. The fraction of sp³-hybridized carbons (Fsp3) is 0.840. The smallest absolute Gasteiger partial charge is 0.129 e. The Labute approximate surface area is 180 Å². The van der Waals surface area contributed by atoms with Crippen molar-refractivity contribution in [1.82, 2.24) is 9.36 Å². The maximum absolute atomic E-state index is 10.2. The number of hydrogen-bond donors (Lipinski definition) is 1. The highest BCUT2D eigenvalue weighted by Gasteiger charge is 2.59. The number of rotatable bonds is 4. The van der Waals surface area contributed by atoms with Gasteiger partial charge in [0.15, 0.2) is 0 Å².